The Balaban J connectivity index is 1.73. The van der Waals surface area contributed by atoms with Crippen molar-refractivity contribution in [1.82, 2.24) is 5.32 Å². The fourth-order valence-electron chi connectivity index (χ4n) is 2.95. The second-order valence-electron chi connectivity index (χ2n) is 6.46. The van der Waals surface area contributed by atoms with Gasteiger partial charge in [0.05, 0.1) is 5.69 Å². The van der Waals surface area contributed by atoms with Crippen LogP contribution in [-0.4, -0.2) is 31.0 Å². The lowest BCUT2D eigenvalue weighted by atomic mass is 9.99. The quantitative estimate of drug-likeness (QED) is 0.871. The van der Waals surface area contributed by atoms with Gasteiger partial charge in [0.1, 0.15) is 5.75 Å². The van der Waals surface area contributed by atoms with E-state index >= 15 is 0 Å². The third kappa shape index (κ3) is 3.22. The summed E-state index contributed by atoms with van der Waals surface area (Å²) in [4.78, 5) is 26.9. The van der Waals surface area contributed by atoms with Crippen LogP contribution in [0.1, 0.15) is 18.1 Å². The standard InChI is InChI=1S/C20H22N2O3/c1-14-9-10-17-16(13-14)22(3)19(24)20(2,25-17)18(23)21-12-11-15-7-5-4-6-8-15/h4-10,13H,11-12H2,1-3H3,(H,21,23). The fourth-order valence-corrected chi connectivity index (χ4v) is 2.95. The largest absolute Gasteiger partial charge is 0.466 e. The average molecular weight is 338 g/mol. The van der Waals surface area contributed by atoms with Crippen molar-refractivity contribution in [2.24, 2.45) is 0 Å². The van der Waals surface area contributed by atoms with Crippen molar-refractivity contribution in [3.8, 4) is 5.75 Å². The van der Waals surface area contributed by atoms with Crippen molar-refractivity contribution in [2.75, 3.05) is 18.5 Å². The highest BCUT2D eigenvalue weighted by molar-refractivity contribution is 6.16. The Morgan fingerprint density at radius 2 is 1.92 bits per heavy atom. The summed E-state index contributed by atoms with van der Waals surface area (Å²) in [5.74, 6) is -0.261. The van der Waals surface area contributed by atoms with E-state index in [1.807, 2.05) is 49.4 Å². The summed E-state index contributed by atoms with van der Waals surface area (Å²) >= 11 is 0. The van der Waals surface area contributed by atoms with Crippen molar-refractivity contribution < 1.29 is 14.3 Å². The number of anilines is 1. The number of amides is 2. The van der Waals surface area contributed by atoms with Crippen LogP contribution >= 0.6 is 0 Å². The third-order valence-electron chi connectivity index (χ3n) is 4.48. The lowest BCUT2D eigenvalue weighted by Crippen LogP contribution is -2.61. The molecule has 1 unspecified atom stereocenters. The molecule has 2 aromatic rings. The molecular formula is C20H22N2O3. The number of carbonyl (C=O) groups excluding carboxylic acids is 2. The van der Waals surface area contributed by atoms with E-state index in [0.29, 0.717) is 24.4 Å². The lowest BCUT2D eigenvalue weighted by molar-refractivity contribution is -0.148. The molecule has 25 heavy (non-hydrogen) atoms. The van der Waals surface area contributed by atoms with Crippen molar-refractivity contribution in [2.45, 2.75) is 25.9 Å². The van der Waals surface area contributed by atoms with Gasteiger partial charge in [-0.05, 0) is 43.5 Å². The number of benzene rings is 2. The first kappa shape index (κ1) is 17.0. The molecule has 0 radical (unpaired) electrons. The molecule has 1 heterocycles. The molecule has 5 heteroatoms. The molecule has 0 bridgehead atoms. The highest BCUT2D eigenvalue weighted by Crippen LogP contribution is 2.37. The fraction of sp³-hybridized carbons (Fsp3) is 0.300. The smallest absolute Gasteiger partial charge is 0.280 e. The molecule has 1 aliphatic heterocycles. The van der Waals surface area contributed by atoms with Crippen LogP contribution in [0.25, 0.3) is 0 Å². The molecule has 0 saturated heterocycles. The van der Waals surface area contributed by atoms with Gasteiger partial charge in [-0.2, -0.15) is 0 Å². The zero-order valence-electron chi connectivity index (χ0n) is 14.7. The summed E-state index contributed by atoms with van der Waals surface area (Å²) in [6, 6.07) is 15.4. The monoisotopic (exact) mass is 338 g/mol. The van der Waals surface area contributed by atoms with Crippen molar-refractivity contribution >= 4 is 17.5 Å². The normalized spacial score (nSPS) is 19.2. The Labute approximate surface area is 147 Å². The van der Waals surface area contributed by atoms with E-state index in [1.165, 1.54) is 11.8 Å². The summed E-state index contributed by atoms with van der Waals surface area (Å²) in [5.41, 5.74) is 1.27. The van der Waals surface area contributed by atoms with Gasteiger partial charge in [-0.1, -0.05) is 36.4 Å². The third-order valence-corrected chi connectivity index (χ3v) is 4.48. The number of hydrogen-bond donors (Lipinski definition) is 1. The molecule has 0 saturated carbocycles. The van der Waals surface area contributed by atoms with Gasteiger partial charge in [0.15, 0.2) is 0 Å². The Morgan fingerprint density at radius 3 is 2.64 bits per heavy atom. The second-order valence-corrected chi connectivity index (χ2v) is 6.46. The summed E-state index contributed by atoms with van der Waals surface area (Å²) in [5, 5.41) is 2.82. The van der Waals surface area contributed by atoms with E-state index in [4.69, 9.17) is 4.74 Å². The minimum absolute atomic E-state index is 0.372. The Bertz CT molecular complexity index is 804. The number of nitrogens with zero attached hydrogens (tertiary/aromatic N) is 1. The van der Waals surface area contributed by atoms with E-state index in [9.17, 15) is 9.59 Å². The first-order chi connectivity index (χ1) is 11.9. The Kier molecular flexibility index (Phi) is 4.49. The number of likely N-dealkylation sites (N-methyl/N-ethyl adjacent to an activating group) is 1. The first-order valence-electron chi connectivity index (χ1n) is 8.32. The van der Waals surface area contributed by atoms with Crippen LogP contribution in [0, 0.1) is 6.92 Å². The molecular weight excluding hydrogens is 316 g/mol. The second kappa shape index (κ2) is 6.59. The van der Waals surface area contributed by atoms with E-state index in [-0.39, 0.29) is 5.91 Å². The van der Waals surface area contributed by atoms with Crippen LogP contribution in [0.5, 0.6) is 5.75 Å². The van der Waals surface area contributed by atoms with Crippen LogP contribution in [0.2, 0.25) is 0 Å². The lowest BCUT2D eigenvalue weighted by Gasteiger charge is -2.38. The summed E-state index contributed by atoms with van der Waals surface area (Å²) < 4.78 is 5.82. The molecule has 0 aliphatic carbocycles. The summed E-state index contributed by atoms with van der Waals surface area (Å²) in [6.07, 6.45) is 0.697. The predicted octanol–water partition coefficient (Wildman–Crippen LogP) is 2.47. The molecule has 1 atom stereocenters. The van der Waals surface area contributed by atoms with Gasteiger partial charge < -0.3 is 15.0 Å². The zero-order chi connectivity index (χ0) is 18.0. The van der Waals surface area contributed by atoms with E-state index < -0.39 is 11.5 Å². The molecule has 2 amide bonds. The summed E-state index contributed by atoms with van der Waals surface area (Å²) in [7, 11) is 1.67. The number of hydrogen-bond acceptors (Lipinski definition) is 3. The number of nitrogens with one attached hydrogen (secondary N) is 1. The zero-order valence-corrected chi connectivity index (χ0v) is 14.7. The van der Waals surface area contributed by atoms with E-state index in [2.05, 4.69) is 5.32 Å². The number of rotatable bonds is 4. The maximum Gasteiger partial charge on any atom is 0.280 e. The molecule has 0 aromatic heterocycles. The van der Waals surface area contributed by atoms with Gasteiger partial charge in [0.25, 0.3) is 17.4 Å². The van der Waals surface area contributed by atoms with Gasteiger partial charge in [0.2, 0.25) is 0 Å². The van der Waals surface area contributed by atoms with E-state index in [1.54, 1.807) is 13.1 Å². The number of fused-ring (bicyclic) bond motifs is 1. The molecule has 0 spiro atoms. The molecule has 3 rings (SSSR count). The first-order valence-corrected chi connectivity index (χ1v) is 8.32. The van der Waals surface area contributed by atoms with Crippen LogP contribution in [0.4, 0.5) is 5.69 Å². The minimum Gasteiger partial charge on any atom is -0.466 e. The van der Waals surface area contributed by atoms with Crippen LogP contribution in [0.3, 0.4) is 0 Å². The van der Waals surface area contributed by atoms with Gasteiger partial charge in [0, 0.05) is 13.6 Å². The Hall–Kier alpha value is -2.82. The number of ether oxygens (including phenoxy) is 1. The SMILES string of the molecule is Cc1ccc2c(c1)N(C)C(=O)C(C)(C(=O)NCCc1ccccc1)O2. The minimum atomic E-state index is -1.56. The molecule has 2 aromatic carbocycles. The van der Waals surface area contributed by atoms with Gasteiger partial charge in [-0.3, -0.25) is 9.59 Å². The molecule has 1 N–H and O–H groups in total. The van der Waals surface area contributed by atoms with Crippen molar-refractivity contribution in [1.29, 1.82) is 0 Å². The molecule has 130 valence electrons. The maximum absolute atomic E-state index is 12.7. The van der Waals surface area contributed by atoms with Gasteiger partial charge in [-0.25, -0.2) is 0 Å². The van der Waals surface area contributed by atoms with Crippen LogP contribution in [0.15, 0.2) is 48.5 Å². The summed E-state index contributed by atoms with van der Waals surface area (Å²) in [6.45, 7) is 3.91. The van der Waals surface area contributed by atoms with Crippen LogP contribution in [-0.2, 0) is 16.0 Å². The van der Waals surface area contributed by atoms with Crippen molar-refractivity contribution in [3.05, 3.63) is 59.7 Å². The highest BCUT2D eigenvalue weighted by Gasteiger charge is 2.49. The predicted molar refractivity (Wildman–Crippen MR) is 96.8 cm³/mol. The number of carbonyl (C=O) groups is 2. The van der Waals surface area contributed by atoms with Gasteiger partial charge >= 0.3 is 0 Å². The Morgan fingerprint density at radius 1 is 1.20 bits per heavy atom. The highest BCUT2D eigenvalue weighted by atomic mass is 16.5. The molecule has 5 nitrogen and oxygen atoms in total. The number of aryl methyl sites for hydroxylation is 1. The van der Waals surface area contributed by atoms with Gasteiger partial charge in [-0.15, -0.1) is 0 Å². The van der Waals surface area contributed by atoms with Crippen LogP contribution < -0.4 is 15.0 Å². The average Bonchev–Trinajstić information content (AvgIpc) is 2.61. The molecule has 1 aliphatic rings. The maximum atomic E-state index is 12.7. The van der Waals surface area contributed by atoms with E-state index in [0.717, 1.165) is 11.1 Å². The van der Waals surface area contributed by atoms with Crippen molar-refractivity contribution in [3.63, 3.8) is 0 Å². The topological polar surface area (TPSA) is 58.6 Å². The molecule has 0 fully saturated rings.